The maximum atomic E-state index is 13.1. The number of benzene rings is 1. The number of hydrogen-bond donors (Lipinski definition) is 2. The lowest BCUT2D eigenvalue weighted by molar-refractivity contribution is 0.628. The summed E-state index contributed by atoms with van der Waals surface area (Å²) in [6, 6.07) is 4.25. The third-order valence-corrected chi connectivity index (χ3v) is 2.45. The van der Waals surface area contributed by atoms with E-state index in [0.717, 1.165) is 5.69 Å². The van der Waals surface area contributed by atoms with Crippen LogP contribution in [0.5, 0.6) is 0 Å². The van der Waals surface area contributed by atoms with Gasteiger partial charge in [0.05, 0.1) is 11.9 Å². The van der Waals surface area contributed by atoms with Gasteiger partial charge in [0.25, 0.3) is 0 Å². The van der Waals surface area contributed by atoms with E-state index in [-0.39, 0.29) is 10.8 Å². The second-order valence-corrected chi connectivity index (χ2v) is 4.02. The van der Waals surface area contributed by atoms with Crippen LogP contribution in [0.1, 0.15) is 5.56 Å². The maximum Gasteiger partial charge on any atom is 0.124 e. The van der Waals surface area contributed by atoms with Crippen LogP contribution in [0.4, 0.5) is 15.8 Å². The molecule has 0 unspecified atom stereocenters. The zero-order chi connectivity index (χ0) is 12.4. The number of thiocarbonyl (C=S) groups is 1. The number of rotatable bonds is 3. The largest absolute Gasteiger partial charge is 0.389 e. The summed E-state index contributed by atoms with van der Waals surface area (Å²) in [6.45, 7) is 0. The second-order valence-electron chi connectivity index (χ2n) is 3.58. The Kier molecular flexibility index (Phi) is 3.06. The van der Waals surface area contributed by atoms with Gasteiger partial charge < -0.3 is 11.1 Å². The first kappa shape index (κ1) is 11.5. The predicted octanol–water partition coefficient (Wildman–Crippen LogP) is 1.94. The van der Waals surface area contributed by atoms with Crippen molar-refractivity contribution in [3.63, 3.8) is 0 Å². The van der Waals surface area contributed by atoms with Crippen molar-refractivity contribution >= 4 is 28.6 Å². The summed E-state index contributed by atoms with van der Waals surface area (Å²) in [5, 5.41) is 7.11. The fourth-order valence-electron chi connectivity index (χ4n) is 1.47. The summed E-state index contributed by atoms with van der Waals surface area (Å²) < 4.78 is 14.8. The Bertz CT molecular complexity index is 564. The Labute approximate surface area is 103 Å². The monoisotopic (exact) mass is 250 g/mol. The van der Waals surface area contributed by atoms with E-state index in [1.54, 1.807) is 23.1 Å². The number of halogens is 1. The topological polar surface area (TPSA) is 55.9 Å². The lowest BCUT2D eigenvalue weighted by Gasteiger charge is -2.09. The highest BCUT2D eigenvalue weighted by atomic mass is 32.1. The molecule has 1 aromatic carbocycles. The summed E-state index contributed by atoms with van der Waals surface area (Å²) in [6.07, 6.45) is 3.46. The Morgan fingerprint density at radius 1 is 1.53 bits per heavy atom. The molecule has 6 heteroatoms. The molecule has 0 saturated carbocycles. The molecule has 3 N–H and O–H groups in total. The molecule has 0 aliphatic carbocycles. The molecule has 0 radical (unpaired) electrons. The van der Waals surface area contributed by atoms with Gasteiger partial charge in [-0.05, 0) is 18.2 Å². The van der Waals surface area contributed by atoms with Gasteiger partial charge in [-0.25, -0.2) is 4.39 Å². The minimum Gasteiger partial charge on any atom is -0.389 e. The van der Waals surface area contributed by atoms with Crippen molar-refractivity contribution in [3.8, 4) is 0 Å². The molecule has 0 amide bonds. The molecule has 0 saturated heterocycles. The van der Waals surface area contributed by atoms with E-state index in [4.69, 9.17) is 18.0 Å². The Balaban J connectivity index is 2.35. The van der Waals surface area contributed by atoms with Crippen molar-refractivity contribution < 1.29 is 4.39 Å². The molecule has 2 rings (SSSR count). The summed E-state index contributed by atoms with van der Waals surface area (Å²) in [7, 11) is 1.81. The Hall–Kier alpha value is -1.95. The van der Waals surface area contributed by atoms with Gasteiger partial charge >= 0.3 is 0 Å². The minimum atomic E-state index is -0.371. The normalized spacial score (nSPS) is 10.2. The van der Waals surface area contributed by atoms with E-state index < -0.39 is 0 Å². The fourth-order valence-corrected chi connectivity index (χ4v) is 1.64. The number of aryl methyl sites for hydroxylation is 1. The molecular weight excluding hydrogens is 239 g/mol. The molecule has 17 heavy (non-hydrogen) atoms. The molecule has 4 nitrogen and oxygen atoms in total. The number of nitrogens with two attached hydrogens (primary N) is 1. The van der Waals surface area contributed by atoms with Crippen LogP contribution in [0.3, 0.4) is 0 Å². The van der Waals surface area contributed by atoms with Crippen molar-refractivity contribution in [3.05, 3.63) is 42.0 Å². The maximum absolute atomic E-state index is 13.1. The van der Waals surface area contributed by atoms with Gasteiger partial charge in [-0.2, -0.15) is 5.10 Å². The highest BCUT2D eigenvalue weighted by Gasteiger charge is 2.07. The van der Waals surface area contributed by atoms with Crippen LogP contribution in [0.15, 0.2) is 30.6 Å². The predicted molar refractivity (Wildman–Crippen MR) is 68.8 cm³/mol. The zero-order valence-electron chi connectivity index (χ0n) is 9.14. The van der Waals surface area contributed by atoms with E-state index in [1.807, 2.05) is 7.05 Å². The SMILES string of the molecule is Cn1cc(Nc2ccc(F)cc2C(N)=S)cn1. The number of hydrogen-bond acceptors (Lipinski definition) is 3. The van der Waals surface area contributed by atoms with Crippen LogP contribution in [-0.4, -0.2) is 14.8 Å². The molecule has 1 aromatic heterocycles. The number of anilines is 2. The van der Waals surface area contributed by atoms with E-state index in [0.29, 0.717) is 11.3 Å². The van der Waals surface area contributed by atoms with Crippen molar-refractivity contribution in [2.75, 3.05) is 5.32 Å². The zero-order valence-corrected chi connectivity index (χ0v) is 9.96. The smallest absolute Gasteiger partial charge is 0.124 e. The second kappa shape index (κ2) is 4.50. The van der Waals surface area contributed by atoms with Crippen LogP contribution in [-0.2, 0) is 7.05 Å². The average molecular weight is 250 g/mol. The van der Waals surface area contributed by atoms with Gasteiger partial charge in [-0.1, -0.05) is 12.2 Å². The van der Waals surface area contributed by atoms with Crippen LogP contribution < -0.4 is 11.1 Å². The minimum absolute atomic E-state index is 0.149. The van der Waals surface area contributed by atoms with E-state index in [9.17, 15) is 4.39 Å². The first-order valence-electron chi connectivity index (χ1n) is 4.91. The molecular formula is C11H11FN4S. The molecule has 0 bridgehead atoms. The van der Waals surface area contributed by atoms with Crippen molar-refractivity contribution in [2.24, 2.45) is 12.8 Å². The Morgan fingerprint density at radius 2 is 2.29 bits per heavy atom. The number of aromatic nitrogens is 2. The molecule has 0 fully saturated rings. The van der Waals surface area contributed by atoms with Gasteiger partial charge in [0.15, 0.2) is 0 Å². The van der Waals surface area contributed by atoms with Crippen LogP contribution in [0.2, 0.25) is 0 Å². The van der Waals surface area contributed by atoms with Gasteiger partial charge in [0.1, 0.15) is 10.8 Å². The molecule has 0 aliphatic rings. The fraction of sp³-hybridized carbons (Fsp3) is 0.0909. The average Bonchev–Trinajstić information content (AvgIpc) is 2.66. The van der Waals surface area contributed by atoms with Gasteiger partial charge in [-0.15, -0.1) is 0 Å². The standard InChI is InChI=1S/C11H11FN4S/c1-16-6-8(5-14-16)15-10-3-2-7(12)4-9(10)11(13)17/h2-6,15H,1H3,(H2,13,17). The van der Waals surface area contributed by atoms with Gasteiger partial charge in [-0.3, -0.25) is 4.68 Å². The highest BCUT2D eigenvalue weighted by Crippen LogP contribution is 2.21. The lowest BCUT2D eigenvalue weighted by atomic mass is 10.1. The molecule has 0 spiro atoms. The molecule has 2 aromatic rings. The van der Waals surface area contributed by atoms with Crippen molar-refractivity contribution in [1.29, 1.82) is 0 Å². The van der Waals surface area contributed by atoms with Crippen molar-refractivity contribution in [1.82, 2.24) is 9.78 Å². The summed E-state index contributed by atoms with van der Waals surface area (Å²) >= 11 is 4.88. The van der Waals surface area contributed by atoms with Crippen LogP contribution in [0.25, 0.3) is 0 Å². The first-order valence-corrected chi connectivity index (χ1v) is 5.32. The van der Waals surface area contributed by atoms with E-state index >= 15 is 0 Å². The molecule has 0 atom stereocenters. The molecule has 88 valence electrons. The molecule has 1 heterocycles. The third kappa shape index (κ3) is 2.59. The highest BCUT2D eigenvalue weighted by molar-refractivity contribution is 7.80. The quantitative estimate of drug-likeness (QED) is 0.817. The summed E-state index contributed by atoms with van der Waals surface area (Å²) in [5.74, 6) is -0.371. The van der Waals surface area contributed by atoms with E-state index in [2.05, 4.69) is 10.4 Å². The first-order chi connectivity index (χ1) is 8.06. The third-order valence-electron chi connectivity index (χ3n) is 2.23. The molecule has 0 aliphatic heterocycles. The van der Waals surface area contributed by atoms with Crippen molar-refractivity contribution in [2.45, 2.75) is 0 Å². The van der Waals surface area contributed by atoms with Gasteiger partial charge in [0.2, 0.25) is 0 Å². The summed E-state index contributed by atoms with van der Waals surface area (Å²) in [5.41, 5.74) is 7.47. The summed E-state index contributed by atoms with van der Waals surface area (Å²) in [4.78, 5) is 0.149. The van der Waals surface area contributed by atoms with Crippen LogP contribution >= 0.6 is 12.2 Å². The van der Waals surface area contributed by atoms with E-state index in [1.165, 1.54) is 12.1 Å². The Morgan fingerprint density at radius 3 is 2.88 bits per heavy atom. The lowest BCUT2D eigenvalue weighted by Crippen LogP contribution is -2.12. The van der Waals surface area contributed by atoms with Crippen LogP contribution in [0, 0.1) is 5.82 Å². The number of nitrogens with one attached hydrogen (secondary N) is 1. The van der Waals surface area contributed by atoms with Gasteiger partial charge in [0, 0.05) is 24.5 Å². The number of nitrogens with zero attached hydrogens (tertiary/aromatic N) is 2.